The van der Waals surface area contributed by atoms with Crippen molar-refractivity contribution in [1.82, 2.24) is 0 Å². The molecule has 0 saturated heterocycles. The standard InChI is InChI=1S/C15H16O3/c16-14(15(17)18)13(11-7-3-1-4-8-11)12-9-5-2-6-10-12/h1-10,13-18H. The third-order valence-electron chi connectivity index (χ3n) is 2.96. The molecule has 0 aliphatic rings. The number of aliphatic hydroxyl groups excluding tert-OH is 2. The van der Waals surface area contributed by atoms with Gasteiger partial charge in [-0.2, -0.15) is 0 Å². The van der Waals surface area contributed by atoms with Gasteiger partial charge in [0.25, 0.3) is 0 Å². The van der Waals surface area contributed by atoms with Crippen molar-refractivity contribution in [2.45, 2.75) is 18.3 Å². The number of benzene rings is 2. The monoisotopic (exact) mass is 244 g/mol. The summed E-state index contributed by atoms with van der Waals surface area (Å²) in [6.45, 7) is 0. The highest BCUT2D eigenvalue weighted by atomic mass is 16.5. The van der Waals surface area contributed by atoms with E-state index in [1.54, 1.807) is 0 Å². The van der Waals surface area contributed by atoms with E-state index in [0.29, 0.717) is 0 Å². The zero-order valence-electron chi connectivity index (χ0n) is 9.85. The summed E-state index contributed by atoms with van der Waals surface area (Å²) < 4.78 is 0. The van der Waals surface area contributed by atoms with Crippen molar-refractivity contribution in [2.75, 3.05) is 0 Å². The summed E-state index contributed by atoms with van der Waals surface area (Å²) in [5, 5.41) is 28.4. The largest absolute Gasteiger partial charge is 0.387 e. The minimum absolute atomic E-state index is 0.451. The first-order chi connectivity index (χ1) is 8.70. The molecule has 0 fully saturated rings. The van der Waals surface area contributed by atoms with E-state index in [2.05, 4.69) is 0 Å². The highest BCUT2D eigenvalue weighted by Crippen LogP contribution is 2.28. The molecule has 0 aromatic heterocycles. The van der Waals surface area contributed by atoms with E-state index >= 15 is 0 Å². The van der Waals surface area contributed by atoms with Crippen LogP contribution >= 0.6 is 0 Å². The van der Waals surface area contributed by atoms with Gasteiger partial charge in [-0.3, -0.25) is 0 Å². The van der Waals surface area contributed by atoms with Crippen LogP contribution in [0.4, 0.5) is 0 Å². The minimum atomic E-state index is -1.77. The molecule has 2 rings (SSSR count). The molecule has 18 heavy (non-hydrogen) atoms. The van der Waals surface area contributed by atoms with Crippen molar-refractivity contribution in [2.24, 2.45) is 0 Å². The van der Waals surface area contributed by atoms with Crippen LogP contribution in [0, 0.1) is 0 Å². The van der Waals surface area contributed by atoms with Gasteiger partial charge >= 0.3 is 0 Å². The number of hydrogen-bond donors (Lipinski definition) is 3. The van der Waals surface area contributed by atoms with E-state index in [1.807, 2.05) is 60.7 Å². The van der Waals surface area contributed by atoms with E-state index < -0.39 is 18.3 Å². The Hall–Kier alpha value is -1.68. The molecule has 94 valence electrons. The molecule has 0 aliphatic carbocycles. The Morgan fingerprint density at radius 1 is 0.611 bits per heavy atom. The van der Waals surface area contributed by atoms with Gasteiger partial charge in [0.15, 0.2) is 6.29 Å². The molecule has 1 unspecified atom stereocenters. The lowest BCUT2D eigenvalue weighted by Gasteiger charge is -2.25. The van der Waals surface area contributed by atoms with Crippen LogP contribution in [0.5, 0.6) is 0 Å². The highest BCUT2D eigenvalue weighted by Gasteiger charge is 2.27. The van der Waals surface area contributed by atoms with Crippen molar-refractivity contribution in [3.8, 4) is 0 Å². The number of rotatable bonds is 4. The number of hydrogen-bond acceptors (Lipinski definition) is 3. The topological polar surface area (TPSA) is 60.7 Å². The van der Waals surface area contributed by atoms with E-state index in [9.17, 15) is 15.3 Å². The van der Waals surface area contributed by atoms with Gasteiger partial charge in [-0.15, -0.1) is 0 Å². The highest BCUT2D eigenvalue weighted by molar-refractivity contribution is 5.33. The fourth-order valence-electron chi connectivity index (χ4n) is 2.08. The first kappa shape index (κ1) is 12.8. The fourth-order valence-corrected chi connectivity index (χ4v) is 2.08. The lowest BCUT2D eigenvalue weighted by molar-refractivity contribution is -0.126. The van der Waals surface area contributed by atoms with Gasteiger partial charge in [0, 0.05) is 5.92 Å². The molecule has 0 amide bonds. The molecule has 2 aromatic carbocycles. The van der Waals surface area contributed by atoms with Crippen LogP contribution in [0.2, 0.25) is 0 Å². The zero-order chi connectivity index (χ0) is 13.0. The maximum Gasteiger partial charge on any atom is 0.179 e. The average molecular weight is 244 g/mol. The van der Waals surface area contributed by atoms with Gasteiger partial charge < -0.3 is 15.3 Å². The first-order valence-corrected chi connectivity index (χ1v) is 5.84. The SMILES string of the molecule is OC(O)C(O)C(c1ccccc1)c1ccccc1. The fraction of sp³-hybridized carbons (Fsp3) is 0.200. The summed E-state index contributed by atoms with van der Waals surface area (Å²) >= 11 is 0. The predicted molar refractivity (Wildman–Crippen MR) is 69.0 cm³/mol. The second-order valence-corrected chi connectivity index (χ2v) is 4.20. The Labute approximate surface area is 106 Å². The molecule has 0 heterocycles. The Balaban J connectivity index is 2.42. The van der Waals surface area contributed by atoms with Crippen molar-refractivity contribution in [3.05, 3.63) is 71.8 Å². The third kappa shape index (κ3) is 2.76. The summed E-state index contributed by atoms with van der Waals surface area (Å²) in [6.07, 6.45) is -3.02. The van der Waals surface area contributed by atoms with Crippen LogP contribution in [0.15, 0.2) is 60.7 Å². The molecule has 0 bridgehead atoms. The van der Waals surface area contributed by atoms with Crippen LogP contribution in [-0.4, -0.2) is 27.7 Å². The maximum absolute atomic E-state index is 9.99. The predicted octanol–water partition coefficient (Wildman–Crippen LogP) is 1.49. The minimum Gasteiger partial charge on any atom is -0.387 e. The van der Waals surface area contributed by atoms with E-state index in [4.69, 9.17) is 0 Å². The molecule has 0 aliphatic heterocycles. The molecule has 3 N–H and O–H groups in total. The lowest BCUT2D eigenvalue weighted by atomic mass is 9.86. The van der Waals surface area contributed by atoms with E-state index in [1.165, 1.54) is 0 Å². The summed E-state index contributed by atoms with van der Waals surface area (Å²) in [5.74, 6) is -0.451. The van der Waals surface area contributed by atoms with Crippen LogP contribution in [0.3, 0.4) is 0 Å². The van der Waals surface area contributed by atoms with Crippen LogP contribution in [0.1, 0.15) is 17.0 Å². The Kier molecular flexibility index (Phi) is 4.10. The smallest absolute Gasteiger partial charge is 0.179 e. The Morgan fingerprint density at radius 3 is 1.33 bits per heavy atom. The average Bonchev–Trinajstić information content (AvgIpc) is 2.41. The van der Waals surface area contributed by atoms with Gasteiger partial charge in [0.2, 0.25) is 0 Å². The number of aliphatic hydroxyl groups is 3. The summed E-state index contributed by atoms with van der Waals surface area (Å²) in [4.78, 5) is 0. The Morgan fingerprint density at radius 2 is 1.00 bits per heavy atom. The molecule has 0 spiro atoms. The second kappa shape index (κ2) is 5.78. The molecule has 0 radical (unpaired) electrons. The molecule has 3 nitrogen and oxygen atoms in total. The Bertz CT molecular complexity index is 428. The van der Waals surface area contributed by atoms with Gasteiger partial charge in [-0.1, -0.05) is 60.7 Å². The van der Waals surface area contributed by atoms with Crippen molar-refractivity contribution >= 4 is 0 Å². The molecular weight excluding hydrogens is 228 g/mol. The third-order valence-corrected chi connectivity index (χ3v) is 2.96. The van der Waals surface area contributed by atoms with Gasteiger partial charge in [0.1, 0.15) is 6.10 Å². The van der Waals surface area contributed by atoms with Gasteiger partial charge in [0.05, 0.1) is 0 Å². The molecule has 2 aromatic rings. The summed E-state index contributed by atoms with van der Waals surface area (Å²) in [7, 11) is 0. The second-order valence-electron chi connectivity index (χ2n) is 4.20. The normalized spacial score (nSPS) is 12.9. The van der Waals surface area contributed by atoms with Gasteiger partial charge in [-0.05, 0) is 11.1 Å². The first-order valence-electron chi connectivity index (χ1n) is 5.84. The van der Waals surface area contributed by atoms with E-state index in [0.717, 1.165) is 11.1 Å². The van der Waals surface area contributed by atoms with Crippen molar-refractivity contribution in [3.63, 3.8) is 0 Å². The quantitative estimate of drug-likeness (QED) is 0.714. The summed E-state index contributed by atoms with van der Waals surface area (Å²) in [6, 6.07) is 18.7. The molecular formula is C15H16O3. The van der Waals surface area contributed by atoms with Crippen LogP contribution < -0.4 is 0 Å². The van der Waals surface area contributed by atoms with Crippen molar-refractivity contribution < 1.29 is 15.3 Å². The van der Waals surface area contributed by atoms with Crippen LogP contribution in [-0.2, 0) is 0 Å². The maximum atomic E-state index is 9.99. The summed E-state index contributed by atoms with van der Waals surface area (Å²) in [5.41, 5.74) is 1.70. The van der Waals surface area contributed by atoms with E-state index in [-0.39, 0.29) is 0 Å². The molecule has 3 heteroatoms. The van der Waals surface area contributed by atoms with Crippen molar-refractivity contribution in [1.29, 1.82) is 0 Å². The molecule has 1 atom stereocenters. The zero-order valence-corrected chi connectivity index (χ0v) is 9.85. The van der Waals surface area contributed by atoms with Gasteiger partial charge in [-0.25, -0.2) is 0 Å². The lowest BCUT2D eigenvalue weighted by Crippen LogP contribution is -2.32. The van der Waals surface area contributed by atoms with Crippen LogP contribution in [0.25, 0.3) is 0 Å². The molecule has 0 saturated carbocycles.